The molecule has 0 saturated carbocycles. The van der Waals surface area contributed by atoms with Gasteiger partial charge in [0.1, 0.15) is 11.5 Å². The number of piperidine rings is 1. The van der Waals surface area contributed by atoms with Crippen LogP contribution in [-0.2, 0) is 11.3 Å². The Morgan fingerprint density at radius 2 is 1.81 bits per heavy atom. The monoisotopic (exact) mass is 368 g/mol. The van der Waals surface area contributed by atoms with Crippen LogP contribution < -0.4 is 5.32 Å². The number of phenolic OH excluding ortho intramolecular Hbond substituents is 2. The van der Waals surface area contributed by atoms with E-state index in [1.54, 1.807) is 17.2 Å². The predicted octanol–water partition coefficient (Wildman–Crippen LogP) is 3.61. The van der Waals surface area contributed by atoms with Crippen LogP contribution in [0.15, 0.2) is 42.5 Å². The number of carbonyl (C=O) groups excluding carboxylic acids is 1. The summed E-state index contributed by atoms with van der Waals surface area (Å²) < 4.78 is 0. The number of aryl methyl sites for hydroxylation is 1. The number of aromatic hydroxyl groups is 2. The second-order valence-corrected chi connectivity index (χ2v) is 7.26. The molecule has 1 atom stereocenters. The number of phenols is 2. The topological polar surface area (TPSA) is 82.0 Å². The molecule has 1 saturated heterocycles. The van der Waals surface area contributed by atoms with Gasteiger partial charge in [-0.25, -0.2) is 4.79 Å². The van der Waals surface area contributed by atoms with Crippen LogP contribution in [0.1, 0.15) is 47.9 Å². The molecule has 3 N–H and O–H groups in total. The van der Waals surface area contributed by atoms with E-state index in [2.05, 4.69) is 17.4 Å². The van der Waals surface area contributed by atoms with E-state index in [9.17, 15) is 15.0 Å². The number of hydroxylamine groups is 2. The Hall–Kier alpha value is -2.73. The number of fused-ring (bicyclic) bond motifs is 1. The molecule has 6 nitrogen and oxygen atoms in total. The molecule has 0 spiro atoms. The lowest BCUT2D eigenvalue weighted by molar-refractivity contribution is -0.114. The molecule has 1 fully saturated rings. The van der Waals surface area contributed by atoms with Crippen LogP contribution >= 0.6 is 0 Å². The van der Waals surface area contributed by atoms with Crippen LogP contribution in [0.4, 0.5) is 4.79 Å². The summed E-state index contributed by atoms with van der Waals surface area (Å²) in [7, 11) is 0. The van der Waals surface area contributed by atoms with Gasteiger partial charge in [0.25, 0.3) is 0 Å². The fourth-order valence-corrected chi connectivity index (χ4v) is 4.13. The van der Waals surface area contributed by atoms with Gasteiger partial charge in [-0.3, -0.25) is 0 Å². The van der Waals surface area contributed by atoms with Gasteiger partial charge in [0, 0.05) is 19.2 Å². The van der Waals surface area contributed by atoms with Crippen LogP contribution in [0.5, 0.6) is 11.5 Å². The standard InChI is InChI=1S/C21H24N2O4/c24-16-6-7-18(20(25)13-16)15-9-11-23(12-10-15)27-21(26)22-19-8-5-14-3-1-2-4-17(14)19/h1-4,6-7,13,15,19,24-25H,5,8-12H2,(H,22,26)/t19-/m0/s1. The Labute approximate surface area is 158 Å². The SMILES string of the molecule is O=C(N[C@H]1CCc2ccccc21)ON1CCC(c2ccc(O)cc2O)CC1. The fourth-order valence-electron chi connectivity index (χ4n) is 4.13. The number of rotatable bonds is 3. The van der Waals surface area contributed by atoms with Gasteiger partial charge < -0.3 is 20.4 Å². The Morgan fingerprint density at radius 3 is 2.59 bits per heavy atom. The average molecular weight is 368 g/mol. The summed E-state index contributed by atoms with van der Waals surface area (Å²) in [6.07, 6.45) is 3.01. The van der Waals surface area contributed by atoms with E-state index in [-0.39, 0.29) is 23.5 Å². The molecule has 4 rings (SSSR count). The fraction of sp³-hybridized carbons (Fsp3) is 0.381. The van der Waals surface area contributed by atoms with E-state index < -0.39 is 6.09 Å². The van der Waals surface area contributed by atoms with E-state index in [0.29, 0.717) is 13.1 Å². The highest BCUT2D eigenvalue weighted by Crippen LogP contribution is 2.35. The van der Waals surface area contributed by atoms with Gasteiger partial charge in [-0.15, -0.1) is 5.06 Å². The minimum atomic E-state index is -0.414. The summed E-state index contributed by atoms with van der Waals surface area (Å²) >= 11 is 0. The number of hydrogen-bond acceptors (Lipinski definition) is 5. The Bertz CT molecular complexity index is 831. The van der Waals surface area contributed by atoms with Crippen LogP contribution in [-0.4, -0.2) is 34.5 Å². The quantitative estimate of drug-likeness (QED) is 0.771. The predicted molar refractivity (Wildman–Crippen MR) is 100 cm³/mol. The molecule has 27 heavy (non-hydrogen) atoms. The number of amides is 1. The van der Waals surface area contributed by atoms with Crippen molar-refractivity contribution >= 4 is 6.09 Å². The van der Waals surface area contributed by atoms with E-state index in [1.807, 2.05) is 12.1 Å². The first-order chi connectivity index (χ1) is 13.1. The number of nitrogens with zero attached hydrogens (tertiary/aromatic N) is 1. The number of carbonyl (C=O) groups is 1. The highest BCUT2D eigenvalue weighted by molar-refractivity contribution is 5.68. The summed E-state index contributed by atoms with van der Waals surface area (Å²) in [6, 6.07) is 12.9. The molecular formula is C21H24N2O4. The zero-order chi connectivity index (χ0) is 18.8. The van der Waals surface area contributed by atoms with Gasteiger partial charge in [0.15, 0.2) is 0 Å². The second kappa shape index (κ2) is 7.48. The van der Waals surface area contributed by atoms with Gasteiger partial charge in [-0.1, -0.05) is 30.3 Å². The first-order valence-electron chi connectivity index (χ1n) is 9.43. The van der Waals surface area contributed by atoms with Crippen molar-refractivity contribution in [2.24, 2.45) is 0 Å². The minimum Gasteiger partial charge on any atom is -0.508 e. The first kappa shape index (κ1) is 17.7. The Kier molecular flexibility index (Phi) is 4.90. The van der Waals surface area contributed by atoms with Gasteiger partial charge in [0.2, 0.25) is 0 Å². The van der Waals surface area contributed by atoms with Crippen molar-refractivity contribution in [2.45, 2.75) is 37.6 Å². The summed E-state index contributed by atoms with van der Waals surface area (Å²) in [6.45, 7) is 1.22. The molecule has 1 aliphatic heterocycles. The minimum absolute atomic E-state index is 0.0141. The molecule has 0 radical (unpaired) electrons. The molecule has 2 aliphatic rings. The first-order valence-corrected chi connectivity index (χ1v) is 9.43. The summed E-state index contributed by atoms with van der Waals surface area (Å²) in [5, 5.41) is 24.1. The Balaban J connectivity index is 1.29. The number of nitrogens with one attached hydrogen (secondary N) is 1. The highest BCUT2D eigenvalue weighted by Gasteiger charge is 2.27. The van der Waals surface area contributed by atoms with Crippen molar-refractivity contribution in [1.29, 1.82) is 0 Å². The normalized spacial score (nSPS) is 20.2. The van der Waals surface area contributed by atoms with Crippen molar-refractivity contribution in [3.8, 4) is 11.5 Å². The zero-order valence-electron chi connectivity index (χ0n) is 15.1. The van der Waals surface area contributed by atoms with E-state index >= 15 is 0 Å². The van der Waals surface area contributed by atoms with E-state index in [4.69, 9.17) is 4.84 Å². The van der Waals surface area contributed by atoms with E-state index in [1.165, 1.54) is 17.2 Å². The lowest BCUT2D eigenvalue weighted by Crippen LogP contribution is -2.39. The zero-order valence-corrected chi connectivity index (χ0v) is 15.1. The molecule has 1 amide bonds. The lowest BCUT2D eigenvalue weighted by atomic mass is 9.89. The van der Waals surface area contributed by atoms with Gasteiger partial charge in [0.05, 0.1) is 6.04 Å². The summed E-state index contributed by atoms with van der Waals surface area (Å²) in [5.41, 5.74) is 3.30. The van der Waals surface area contributed by atoms with E-state index in [0.717, 1.165) is 31.2 Å². The maximum absolute atomic E-state index is 12.3. The van der Waals surface area contributed by atoms with Crippen LogP contribution in [0.3, 0.4) is 0 Å². The summed E-state index contributed by atoms with van der Waals surface area (Å²) in [5.74, 6) is 0.365. The van der Waals surface area contributed by atoms with Crippen molar-refractivity contribution in [1.82, 2.24) is 10.4 Å². The average Bonchev–Trinajstić information content (AvgIpc) is 3.06. The van der Waals surface area contributed by atoms with Crippen molar-refractivity contribution in [3.63, 3.8) is 0 Å². The second-order valence-electron chi connectivity index (χ2n) is 7.26. The molecule has 1 heterocycles. The van der Waals surface area contributed by atoms with Crippen molar-refractivity contribution in [3.05, 3.63) is 59.2 Å². The number of hydrogen-bond donors (Lipinski definition) is 3. The van der Waals surface area contributed by atoms with Crippen LogP contribution in [0.2, 0.25) is 0 Å². The molecule has 0 bridgehead atoms. The molecule has 2 aromatic carbocycles. The maximum Gasteiger partial charge on any atom is 0.426 e. The largest absolute Gasteiger partial charge is 0.508 e. The van der Waals surface area contributed by atoms with Gasteiger partial charge >= 0.3 is 6.09 Å². The van der Waals surface area contributed by atoms with Gasteiger partial charge in [-0.05, 0) is 54.4 Å². The third-order valence-corrected chi connectivity index (χ3v) is 5.54. The van der Waals surface area contributed by atoms with Crippen molar-refractivity contribution < 1.29 is 19.8 Å². The van der Waals surface area contributed by atoms with Gasteiger partial charge in [-0.2, -0.15) is 0 Å². The molecular weight excluding hydrogens is 344 g/mol. The summed E-state index contributed by atoms with van der Waals surface area (Å²) in [4.78, 5) is 17.8. The van der Waals surface area contributed by atoms with Crippen molar-refractivity contribution in [2.75, 3.05) is 13.1 Å². The lowest BCUT2D eigenvalue weighted by Gasteiger charge is -2.31. The molecule has 0 aromatic heterocycles. The van der Waals surface area contributed by atoms with Crippen LogP contribution in [0.25, 0.3) is 0 Å². The number of benzene rings is 2. The smallest absolute Gasteiger partial charge is 0.426 e. The molecule has 2 aromatic rings. The third-order valence-electron chi connectivity index (χ3n) is 5.54. The molecule has 0 unspecified atom stereocenters. The highest BCUT2D eigenvalue weighted by atomic mass is 16.7. The Morgan fingerprint density at radius 1 is 1.04 bits per heavy atom. The molecule has 6 heteroatoms. The molecule has 142 valence electrons. The van der Waals surface area contributed by atoms with Crippen LogP contribution in [0, 0.1) is 0 Å². The third kappa shape index (κ3) is 3.85. The molecule has 1 aliphatic carbocycles. The maximum atomic E-state index is 12.3.